The van der Waals surface area contributed by atoms with Crippen molar-refractivity contribution in [3.8, 4) is 16.9 Å². The molecule has 2 fully saturated rings. The number of hydrogen-bond acceptors (Lipinski definition) is 6. The number of ether oxygens (including phenoxy) is 2. The third kappa shape index (κ3) is 5.88. The van der Waals surface area contributed by atoms with Crippen LogP contribution in [-0.4, -0.2) is 57.0 Å². The fourth-order valence-corrected chi connectivity index (χ4v) is 4.80. The first-order valence-corrected chi connectivity index (χ1v) is 12.9. The Balaban J connectivity index is 1.37. The zero-order valence-corrected chi connectivity index (χ0v) is 21.6. The highest BCUT2D eigenvalue weighted by Gasteiger charge is 2.39. The molecule has 2 aromatic heterocycles. The Bertz CT molecular complexity index is 1280. The van der Waals surface area contributed by atoms with Crippen molar-refractivity contribution >= 4 is 23.6 Å². The number of benzene rings is 1. The molecule has 0 unspecified atom stereocenters. The van der Waals surface area contributed by atoms with E-state index in [0.29, 0.717) is 49.2 Å². The van der Waals surface area contributed by atoms with E-state index in [4.69, 9.17) is 21.1 Å². The molecule has 0 spiro atoms. The van der Waals surface area contributed by atoms with E-state index in [1.165, 1.54) is 0 Å². The van der Waals surface area contributed by atoms with Crippen LogP contribution in [0.1, 0.15) is 42.7 Å². The molecule has 37 heavy (non-hydrogen) atoms. The molecule has 10 heteroatoms. The lowest BCUT2D eigenvalue weighted by molar-refractivity contribution is 0.0915. The minimum Gasteiger partial charge on any atom is -0.489 e. The maximum Gasteiger partial charge on any atom is 0.410 e. The van der Waals surface area contributed by atoms with Gasteiger partial charge in [0.05, 0.1) is 12.2 Å². The smallest absolute Gasteiger partial charge is 0.410 e. The predicted molar refractivity (Wildman–Crippen MR) is 138 cm³/mol. The molecular formula is C27H30ClN5O4. The highest BCUT2D eigenvalue weighted by molar-refractivity contribution is 6.30. The largest absolute Gasteiger partial charge is 0.489 e. The van der Waals surface area contributed by atoms with Crippen molar-refractivity contribution < 1.29 is 19.1 Å². The molecule has 3 aromatic rings. The van der Waals surface area contributed by atoms with E-state index in [2.05, 4.69) is 29.2 Å². The predicted octanol–water partition coefficient (Wildman–Crippen LogP) is 4.55. The number of carbonyl (C=O) groups excluding carboxylic acids is 2. The molecule has 0 bridgehead atoms. The summed E-state index contributed by atoms with van der Waals surface area (Å²) in [5.41, 5.74) is 2.83. The zero-order chi connectivity index (χ0) is 25.9. The number of nitrogens with zero attached hydrogens (tertiary/aromatic N) is 4. The Kier molecular flexibility index (Phi) is 7.32. The van der Waals surface area contributed by atoms with Gasteiger partial charge < -0.3 is 19.7 Å². The molecule has 1 N–H and O–H groups in total. The summed E-state index contributed by atoms with van der Waals surface area (Å²) >= 11 is 5.95. The summed E-state index contributed by atoms with van der Waals surface area (Å²) in [6, 6.07) is 9.01. The summed E-state index contributed by atoms with van der Waals surface area (Å²) in [6.45, 7) is 6.38. The van der Waals surface area contributed by atoms with Crippen LogP contribution in [0.15, 0.2) is 48.9 Å². The Hall–Kier alpha value is -3.59. The molecule has 2 aliphatic rings. The third-order valence-electron chi connectivity index (χ3n) is 6.56. The van der Waals surface area contributed by atoms with Crippen LogP contribution >= 0.6 is 11.6 Å². The van der Waals surface area contributed by atoms with Crippen LogP contribution in [0.25, 0.3) is 11.1 Å². The van der Waals surface area contributed by atoms with Crippen molar-refractivity contribution in [2.45, 2.75) is 51.9 Å². The fraction of sp³-hybridized carbons (Fsp3) is 0.407. The van der Waals surface area contributed by atoms with Crippen molar-refractivity contribution in [1.82, 2.24) is 25.0 Å². The van der Waals surface area contributed by atoms with E-state index in [1.807, 2.05) is 23.0 Å². The molecule has 0 radical (unpaired) electrons. The van der Waals surface area contributed by atoms with Gasteiger partial charge in [-0.2, -0.15) is 5.10 Å². The van der Waals surface area contributed by atoms with Gasteiger partial charge >= 0.3 is 6.09 Å². The zero-order valence-electron chi connectivity index (χ0n) is 20.9. The van der Waals surface area contributed by atoms with E-state index >= 15 is 0 Å². The van der Waals surface area contributed by atoms with E-state index in [0.717, 1.165) is 23.2 Å². The lowest BCUT2D eigenvalue weighted by Gasteiger charge is -2.32. The SMILES string of the molecule is CC(C)Cn1cc(-c2cnc(C(=O)NCc3ccc(Cl)cc3)cc2O[C@H]2CCN3C(=O)OC[C@@H]3C2)cn1. The summed E-state index contributed by atoms with van der Waals surface area (Å²) in [4.78, 5) is 31.1. The van der Waals surface area contributed by atoms with Crippen LogP contribution in [0.2, 0.25) is 5.02 Å². The van der Waals surface area contributed by atoms with Crippen LogP contribution in [0.3, 0.4) is 0 Å². The molecule has 0 saturated carbocycles. The van der Waals surface area contributed by atoms with Crippen LogP contribution in [0.4, 0.5) is 4.79 Å². The number of nitrogens with one attached hydrogen (secondary N) is 1. The standard InChI is InChI=1S/C27H30ClN5O4/c1-17(2)14-32-15-19(12-31-32)23-13-29-24(26(34)30-11-18-3-5-20(28)6-4-18)10-25(23)37-22-7-8-33-21(9-22)16-36-27(33)35/h3-6,10,12-13,15,17,21-22H,7-9,11,14,16H2,1-2H3,(H,30,34)/t21-,22-/m0/s1. The van der Waals surface area contributed by atoms with Crippen molar-refractivity contribution in [1.29, 1.82) is 0 Å². The number of piperidine rings is 1. The third-order valence-corrected chi connectivity index (χ3v) is 6.81. The number of aromatic nitrogens is 3. The fourth-order valence-electron chi connectivity index (χ4n) is 4.68. The second-order valence-corrected chi connectivity index (χ2v) is 10.3. The first kappa shape index (κ1) is 25.1. The Morgan fingerprint density at radius 3 is 2.86 bits per heavy atom. The molecule has 0 aliphatic carbocycles. The number of pyridine rings is 1. The minimum absolute atomic E-state index is 0.00692. The summed E-state index contributed by atoms with van der Waals surface area (Å²) in [6.07, 6.45) is 6.39. The molecule has 2 saturated heterocycles. The highest BCUT2D eigenvalue weighted by Crippen LogP contribution is 2.34. The number of halogens is 1. The topological polar surface area (TPSA) is 98.6 Å². The average Bonchev–Trinajstić information content (AvgIpc) is 3.49. The van der Waals surface area contributed by atoms with Crippen LogP contribution < -0.4 is 10.1 Å². The van der Waals surface area contributed by atoms with E-state index < -0.39 is 0 Å². The second kappa shape index (κ2) is 10.8. The monoisotopic (exact) mass is 523 g/mol. The van der Waals surface area contributed by atoms with E-state index in [1.54, 1.807) is 35.5 Å². The van der Waals surface area contributed by atoms with Gasteiger partial charge in [-0.05, 0) is 23.6 Å². The van der Waals surface area contributed by atoms with Gasteiger partial charge in [-0.3, -0.25) is 14.5 Å². The Labute approximate surface area is 220 Å². The molecule has 5 rings (SSSR count). The van der Waals surface area contributed by atoms with Crippen molar-refractivity contribution in [2.24, 2.45) is 5.92 Å². The van der Waals surface area contributed by atoms with Gasteiger partial charge in [0.15, 0.2) is 0 Å². The maximum absolute atomic E-state index is 13.0. The lowest BCUT2D eigenvalue weighted by Crippen LogP contribution is -2.44. The van der Waals surface area contributed by atoms with Gasteiger partial charge in [0.1, 0.15) is 24.2 Å². The summed E-state index contributed by atoms with van der Waals surface area (Å²) in [5, 5.41) is 8.04. The first-order valence-electron chi connectivity index (χ1n) is 12.5. The normalized spacial score (nSPS) is 19.0. The van der Waals surface area contributed by atoms with Crippen molar-refractivity contribution in [3.63, 3.8) is 0 Å². The molecule has 194 valence electrons. The van der Waals surface area contributed by atoms with Crippen LogP contribution in [0, 0.1) is 5.92 Å². The number of fused-ring (bicyclic) bond motifs is 1. The van der Waals surface area contributed by atoms with Crippen molar-refractivity contribution in [3.05, 3.63) is 65.2 Å². The summed E-state index contributed by atoms with van der Waals surface area (Å²) in [5.74, 6) is 0.723. The average molecular weight is 524 g/mol. The second-order valence-electron chi connectivity index (χ2n) is 9.91. The molecule has 1 aromatic carbocycles. The van der Waals surface area contributed by atoms with E-state index in [9.17, 15) is 9.59 Å². The number of rotatable bonds is 8. The van der Waals surface area contributed by atoms with E-state index in [-0.39, 0.29) is 29.8 Å². The number of cyclic esters (lactones) is 1. The Morgan fingerprint density at radius 1 is 1.27 bits per heavy atom. The number of amides is 2. The quantitative estimate of drug-likeness (QED) is 0.465. The maximum atomic E-state index is 13.0. The first-order chi connectivity index (χ1) is 17.9. The van der Waals surface area contributed by atoms with Gasteiger partial charge in [-0.1, -0.05) is 37.6 Å². The lowest BCUT2D eigenvalue weighted by atomic mass is 10.0. The van der Waals surface area contributed by atoms with Gasteiger partial charge in [0.2, 0.25) is 0 Å². The Morgan fingerprint density at radius 2 is 2.08 bits per heavy atom. The summed E-state index contributed by atoms with van der Waals surface area (Å²) < 4.78 is 13.6. The molecule has 2 atom stereocenters. The van der Waals surface area contributed by atoms with Crippen LogP contribution in [-0.2, 0) is 17.8 Å². The molecule has 2 amide bonds. The molecular weight excluding hydrogens is 494 g/mol. The molecule has 2 aliphatic heterocycles. The number of carbonyl (C=O) groups is 2. The van der Waals surface area contributed by atoms with Crippen LogP contribution in [0.5, 0.6) is 5.75 Å². The van der Waals surface area contributed by atoms with Gasteiger partial charge in [0.25, 0.3) is 5.91 Å². The minimum atomic E-state index is -0.300. The molecule has 4 heterocycles. The molecule has 9 nitrogen and oxygen atoms in total. The van der Waals surface area contributed by atoms with Gasteiger partial charge in [-0.15, -0.1) is 0 Å². The van der Waals surface area contributed by atoms with Gasteiger partial charge in [0, 0.05) is 67.1 Å². The van der Waals surface area contributed by atoms with Gasteiger partial charge in [-0.25, -0.2) is 4.79 Å². The van der Waals surface area contributed by atoms with Crippen molar-refractivity contribution in [2.75, 3.05) is 13.2 Å². The number of hydrogen-bond donors (Lipinski definition) is 1. The highest BCUT2D eigenvalue weighted by atomic mass is 35.5. The summed E-state index contributed by atoms with van der Waals surface area (Å²) in [7, 11) is 0.